The summed E-state index contributed by atoms with van der Waals surface area (Å²) in [7, 11) is -3.77. The van der Waals surface area contributed by atoms with Crippen LogP contribution in [0.1, 0.15) is 48.7 Å². The number of hydrogen-bond acceptors (Lipinski definition) is 6. The van der Waals surface area contributed by atoms with Gasteiger partial charge in [0.2, 0.25) is 10.0 Å². The normalized spacial score (nSPS) is 15.1. The van der Waals surface area contributed by atoms with Crippen LogP contribution in [0.15, 0.2) is 29.3 Å². The predicted octanol–water partition coefficient (Wildman–Crippen LogP) is 3.06. The molecule has 1 saturated heterocycles. The number of sulfonamides is 1. The molecule has 2 heterocycles. The lowest BCUT2D eigenvalue weighted by molar-refractivity contribution is 0.102. The molecule has 10 heteroatoms. The first kappa shape index (κ1) is 25.7. The van der Waals surface area contributed by atoms with Crippen LogP contribution in [0, 0.1) is 18.3 Å². The van der Waals surface area contributed by atoms with E-state index in [1.54, 1.807) is 6.92 Å². The third-order valence-corrected chi connectivity index (χ3v) is 7.88. The molecule has 0 unspecified atom stereocenters. The SMILES string of the molecule is CCCn1cc(C)c(C#N)c1NC(=O)c1cc(S(=O)(=O)N2CCN(CC)CC2)ccc1OCC. The standard InChI is InChI=1S/C24H33N5O4S/c1-5-10-28-17-18(4)21(16-25)23(28)26-24(30)20-15-19(8-9-22(20)33-7-3)34(31,32)29-13-11-27(6-2)12-14-29/h8-9,15,17H,5-7,10-14H2,1-4H3,(H,26,30). The highest BCUT2D eigenvalue weighted by atomic mass is 32.2. The van der Waals surface area contributed by atoms with Gasteiger partial charge in [-0.2, -0.15) is 9.57 Å². The maximum atomic E-state index is 13.4. The molecule has 2 aromatic rings. The van der Waals surface area contributed by atoms with Gasteiger partial charge in [0.05, 0.1) is 22.6 Å². The molecule has 184 valence electrons. The summed E-state index contributed by atoms with van der Waals surface area (Å²) in [6.45, 7) is 11.7. The summed E-state index contributed by atoms with van der Waals surface area (Å²) in [4.78, 5) is 15.6. The number of anilines is 1. The minimum absolute atomic E-state index is 0.0479. The molecule has 3 rings (SSSR count). The quantitative estimate of drug-likeness (QED) is 0.583. The van der Waals surface area contributed by atoms with Gasteiger partial charge in [0.25, 0.3) is 5.91 Å². The van der Waals surface area contributed by atoms with Crippen LogP contribution in [0.5, 0.6) is 5.75 Å². The number of ether oxygens (including phenoxy) is 1. The van der Waals surface area contributed by atoms with E-state index in [4.69, 9.17) is 4.74 Å². The van der Waals surface area contributed by atoms with Gasteiger partial charge >= 0.3 is 0 Å². The summed E-state index contributed by atoms with van der Waals surface area (Å²) < 4.78 is 35.6. The topological polar surface area (TPSA) is 108 Å². The van der Waals surface area contributed by atoms with E-state index in [-0.39, 0.29) is 10.5 Å². The van der Waals surface area contributed by atoms with Gasteiger partial charge in [0, 0.05) is 38.9 Å². The van der Waals surface area contributed by atoms with Crippen LogP contribution in [0.3, 0.4) is 0 Å². The average molecular weight is 488 g/mol. The Morgan fingerprint density at radius 2 is 1.88 bits per heavy atom. The molecule has 0 aliphatic carbocycles. The average Bonchev–Trinajstić information content (AvgIpc) is 3.13. The molecule has 0 spiro atoms. The van der Waals surface area contributed by atoms with Crippen molar-refractivity contribution in [2.45, 2.75) is 45.6 Å². The highest BCUT2D eigenvalue weighted by molar-refractivity contribution is 7.89. The molecule has 1 aromatic heterocycles. The van der Waals surface area contributed by atoms with Crippen LogP contribution >= 0.6 is 0 Å². The monoisotopic (exact) mass is 487 g/mol. The van der Waals surface area contributed by atoms with Gasteiger partial charge in [-0.15, -0.1) is 0 Å². The third-order valence-electron chi connectivity index (χ3n) is 5.99. The van der Waals surface area contributed by atoms with Gasteiger partial charge in [-0.25, -0.2) is 8.42 Å². The first-order valence-corrected chi connectivity index (χ1v) is 13.1. The summed E-state index contributed by atoms with van der Waals surface area (Å²) in [5, 5.41) is 12.4. The molecule has 1 aliphatic heterocycles. The van der Waals surface area contributed by atoms with Gasteiger partial charge in [-0.3, -0.25) is 4.79 Å². The number of nitrogens with one attached hydrogen (secondary N) is 1. The molecule has 0 saturated carbocycles. The molecule has 1 aromatic carbocycles. The number of aromatic nitrogens is 1. The number of hydrogen-bond donors (Lipinski definition) is 1. The second-order valence-corrected chi connectivity index (χ2v) is 10.2. The maximum absolute atomic E-state index is 13.4. The van der Waals surface area contributed by atoms with Gasteiger partial charge < -0.3 is 19.5 Å². The molecule has 1 N–H and O–H groups in total. The number of benzene rings is 1. The number of piperazine rings is 1. The van der Waals surface area contributed by atoms with Crippen molar-refractivity contribution >= 4 is 21.7 Å². The highest BCUT2D eigenvalue weighted by Crippen LogP contribution is 2.28. The van der Waals surface area contributed by atoms with Crippen LogP contribution in [0.25, 0.3) is 0 Å². The molecule has 0 radical (unpaired) electrons. The minimum atomic E-state index is -3.77. The molecule has 1 amide bonds. The van der Waals surface area contributed by atoms with E-state index in [1.807, 2.05) is 24.6 Å². The van der Waals surface area contributed by atoms with Gasteiger partial charge in [-0.1, -0.05) is 13.8 Å². The molecule has 9 nitrogen and oxygen atoms in total. The fourth-order valence-electron chi connectivity index (χ4n) is 4.12. The Balaban J connectivity index is 1.96. The number of likely N-dealkylation sites (N-methyl/N-ethyl adjacent to an activating group) is 1. The molecular formula is C24H33N5O4S. The van der Waals surface area contributed by atoms with Crippen molar-refractivity contribution in [1.82, 2.24) is 13.8 Å². The number of aryl methyl sites for hydroxylation is 2. The Kier molecular flexibility index (Phi) is 8.36. The van der Waals surface area contributed by atoms with E-state index in [0.29, 0.717) is 56.5 Å². The van der Waals surface area contributed by atoms with Crippen molar-refractivity contribution in [2.24, 2.45) is 0 Å². The van der Waals surface area contributed by atoms with Crippen molar-refractivity contribution in [3.05, 3.63) is 41.1 Å². The molecule has 1 fully saturated rings. The van der Waals surface area contributed by atoms with Crippen molar-refractivity contribution in [3.63, 3.8) is 0 Å². The fourth-order valence-corrected chi connectivity index (χ4v) is 5.57. The van der Waals surface area contributed by atoms with Gasteiger partial charge in [0.15, 0.2) is 0 Å². The van der Waals surface area contributed by atoms with Crippen molar-refractivity contribution in [2.75, 3.05) is 44.6 Å². The third kappa shape index (κ3) is 5.27. The lowest BCUT2D eigenvalue weighted by atomic mass is 10.1. The molecular weight excluding hydrogens is 454 g/mol. The van der Waals surface area contributed by atoms with E-state index < -0.39 is 15.9 Å². The lowest BCUT2D eigenvalue weighted by Crippen LogP contribution is -2.48. The number of rotatable bonds is 9. The maximum Gasteiger partial charge on any atom is 0.260 e. The van der Waals surface area contributed by atoms with Gasteiger partial charge in [0.1, 0.15) is 17.6 Å². The van der Waals surface area contributed by atoms with Gasteiger partial charge in [-0.05, 0) is 50.6 Å². The second-order valence-electron chi connectivity index (χ2n) is 8.22. The van der Waals surface area contributed by atoms with Crippen LogP contribution in [-0.4, -0.2) is 67.4 Å². The lowest BCUT2D eigenvalue weighted by Gasteiger charge is -2.33. The van der Waals surface area contributed by atoms with E-state index in [2.05, 4.69) is 23.2 Å². The van der Waals surface area contributed by atoms with Crippen LogP contribution in [0.2, 0.25) is 0 Å². The summed E-state index contributed by atoms with van der Waals surface area (Å²) in [6.07, 6.45) is 2.66. The fraction of sp³-hybridized carbons (Fsp3) is 0.500. The number of carbonyl (C=O) groups excluding carboxylic acids is 1. The predicted molar refractivity (Wildman–Crippen MR) is 131 cm³/mol. The zero-order valence-electron chi connectivity index (χ0n) is 20.3. The van der Waals surface area contributed by atoms with Crippen molar-refractivity contribution < 1.29 is 17.9 Å². The summed E-state index contributed by atoms with van der Waals surface area (Å²) >= 11 is 0. The number of amides is 1. The largest absolute Gasteiger partial charge is 0.493 e. The Labute approximate surface area is 202 Å². The smallest absolute Gasteiger partial charge is 0.260 e. The Morgan fingerprint density at radius 3 is 2.47 bits per heavy atom. The second kappa shape index (κ2) is 11.0. The number of carbonyl (C=O) groups is 1. The number of nitriles is 1. The zero-order chi connectivity index (χ0) is 24.9. The first-order chi connectivity index (χ1) is 16.3. The molecule has 34 heavy (non-hydrogen) atoms. The summed E-state index contributed by atoms with van der Waals surface area (Å²) in [5.41, 5.74) is 1.26. The number of nitrogens with zero attached hydrogens (tertiary/aromatic N) is 4. The van der Waals surface area contributed by atoms with Crippen molar-refractivity contribution in [1.29, 1.82) is 5.26 Å². The highest BCUT2D eigenvalue weighted by Gasteiger charge is 2.30. The summed E-state index contributed by atoms with van der Waals surface area (Å²) in [5.74, 6) is 0.167. The van der Waals surface area contributed by atoms with E-state index in [9.17, 15) is 18.5 Å². The zero-order valence-corrected chi connectivity index (χ0v) is 21.1. The van der Waals surface area contributed by atoms with E-state index in [0.717, 1.165) is 18.5 Å². The Morgan fingerprint density at radius 1 is 1.18 bits per heavy atom. The van der Waals surface area contributed by atoms with E-state index >= 15 is 0 Å². The van der Waals surface area contributed by atoms with E-state index in [1.165, 1.54) is 22.5 Å². The minimum Gasteiger partial charge on any atom is -0.493 e. The van der Waals surface area contributed by atoms with Crippen molar-refractivity contribution in [3.8, 4) is 11.8 Å². The first-order valence-electron chi connectivity index (χ1n) is 11.7. The van der Waals surface area contributed by atoms with Crippen LogP contribution < -0.4 is 10.1 Å². The van der Waals surface area contributed by atoms with Crippen LogP contribution in [-0.2, 0) is 16.6 Å². The Hall–Kier alpha value is -2.87. The molecule has 1 aliphatic rings. The van der Waals surface area contributed by atoms with Crippen LogP contribution in [0.4, 0.5) is 5.82 Å². The summed E-state index contributed by atoms with van der Waals surface area (Å²) in [6, 6.07) is 6.52. The molecule has 0 atom stereocenters. The molecule has 0 bridgehead atoms. The Bertz CT molecular complexity index is 1170.